The highest BCUT2D eigenvalue weighted by atomic mass is 17.3. The van der Waals surface area contributed by atoms with E-state index in [1.54, 1.807) is 0 Å². The molecule has 0 amide bonds. The maximum atomic E-state index is 7.78. The molecule has 27 nitrogen and oxygen atoms in total. The Morgan fingerprint density at radius 1 is 0.522 bits per heavy atom. The third kappa shape index (κ3) is 13.5. The summed E-state index contributed by atoms with van der Waals surface area (Å²) in [7, 11) is 0. The van der Waals surface area contributed by atoms with Crippen LogP contribution in [-0.2, 0) is 98.3 Å². The molecule has 17 rings (SSSR count). The Hall–Kier alpha value is -4.14. The van der Waals surface area contributed by atoms with Crippen molar-refractivity contribution in [2.24, 2.45) is 75.3 Å². The Morgan fingerprint density at radius 3 is 1.41 bits per heavy atom. The van der Waals surface area contributed by atoms with E-state index in [-0.39, 0.29) is 42.5 Å². The number of terminal acetylenes is 1. The van der Waals surface area contributed by atoms with Crippen molar-refractivity contribution >= 4 is 0 Å². The Balaban J connectivity index is 0.000000215. The fourth-order valence-corrected chi connectivity index (χ4v) is 18.1. The highest BCUT2D eigenvalue weighted by molar-refractivity contribution is 5.12. The monoisotopic (exact) mass is 1290 g/mol. The van der Waals surface area contributed by atoms with Crippen molar-refractivity contribution in [3.05, 3.63) is 44.7 Å². The quantitative estimate of drug-likeness (QED) is 0.0264. The molecule has 0 aromatic carbocycles. The minimum atomic E-state index is -0.793. The molecule has 14 heterocycles. The van der Waals surface area contributed by atoms with Crippen LogP contribution in [0.25, 0.3) is 20.9 Å². The third-order valence-electron chi connectivity index (χ3n) is 23.0. The van der Waals surface area contributed by atoms with Gasteiger partial charge in [-0.1, -0.05) is 99.7 Å². The highest BCUT2D eigenvalue weighted by Gasteiger charge is 2.72. The van der Waals surface area contributed by atoms with Gasteiger partial charge in [0.1, 0.15) is 18.0 Å². The van der Waals surface area contributed by atoms with Crippen LogP contribution in [0.2, 0.25) is 0 Å². The van der Waals surface area contributed by atoms with Crippen LogP contribution in [0, 0.1) is 77.4 Å². The van der Waals surface area contributed by atoms with Gasteiger partial charge in [0.2, 0.25) is 17.4 Å². The second kappa shape index (κ2) is 28.9. The zero-order valence-corrected chi connectivity index (χ0v) is 55.3. The summed E-state index contributed by atoms with van der Waals surface area (Å²) in [5.41, 5.74) is 15.5. The Labute approximate surface area is 540 Å². The molecule has 12 aliphatic heterocycles. The van der Waals surface area contributed by atoms with Gasteiger partial charge in [-0.25, -0.2) is 29.3 Å². The van der Waals surface area contributed by atoms with Gasteiger partial charge in [-0.05, 0) is 138 Å². The van der Waals surface area contributed by atoms with Gasteiger partial charge in [-0.2, -0.15) is 0 Å². The molecule has 0 radical (unpaired) electrons. The van der Waals surface area contributed by atoms with Gasteiger partial charge < -0.3 is 42.6 Å². The van der Waals surface area contributed by atoms with Crippen LogP contribution in [-0.4, -0.2) is 122 Å². The van der Waals surface area contributed by atoms with Gasteiger partial charge in [0.05, 0.1) is 25.6 Å². The summed E-state index contributed by atoms with van der Waals surface area (Å²) in [6.07, 6.45) is 28.8. The lowest BCUT2D eigenvalue weighted by Gasteiger charge is -2.60. The van der Waals surface area contributed by atoms with E-state index in [1.165, 1.54) is 38.5 Å². The minimum absolute atomic E-state index is 0.130. The number of nitrogens with zero attached hydrogens (tertiary/aromatic N) is 12. The first-order valence-corrected chi connectivity index (χ1v) is 34.7. The molecular weight excluding hydrogens is 1190 g/mol. The number of rotatable bonds is 22. The molecule has 510 valence electrons. The van der Waals surface area contributed by atoms with Crippen LogP contribution in [0.1, 0.15) is 202 Å². The van der Waals surface area contributed by atoms with Crippen molar-refractivity contribution in [3.8, 4) is 12.3 Å². The molecule has 2 aromatic heterocycles. The zero-order valence-electron chi connectivity index (χ0n) is 55.3. The van der Waals surface area contributed by atoms with Gasteiger partial charge in [-0.15, -0.1) is 16.6 Å². The van der Waals surface area contributed by atoms with Crippen molar-refractivity contribution < 1.29 is 72.0 Å². The summed E-state index contributed by atoms with van der Waals surface area (Å²) in [5, 5.41) is 24.1. The summed E-state index contributed by atoms with van der Waals surface area (Å²) >= 11 is 0. The normalized spacial score (nSPS) is 43.3. The number of aromatic nitrogens is 6. The van der Waals surface area contributed by atoms with Crippen LogP contribution in [0.5, 0.6) is 0 Å². The molecule has 6 bridgehead atoms. The smallest absolute Gasteiger partial charge is 0.201 e. The first kappa shape index (κ1) is 67.8. The minimum Gasteiger partial charge on any atom is -0.346 e. The lowest BCUT2D eigenvalue weighted by molar-refractivity contribution is -0.577. The molecule has 0 unspecified atom stereocenters. The number of hydrogen-bond donors (Lipinski definition) is 0. The lowest BCUT2D eigenvalue weighted by atomic mass is 9.58. The van der Waals surface area contributed by atoms with Gasteiger partial charge >= 0.3 is 0 Å². The van der Waals surface area contributed by atoms with E-state index in [0.717, 1.165) is 114 Å². The van der Waals surface area contributed by atoms with E-state index in [1.807, 2.05) is 42.5 Å². The fourth-order valence-electron chi connectivity index (χ4n) is 18.1. The third-order valence-corrected chi connectivity index (χ3v) is 23.0. The molecule has 0 N–H and O–H groups in total. The van der Waals surface area contributed by atoms with Gasteiger partial charge in [0, 0.05) is 90.8 Å². The first-order valence-electron chi connectivity index (χ1n) is 34.7. The number of ether oxygens (including phenoxy) is 9. The van der Waals surface area contributed by atoms with E-state index >= 15 is 0 Å². The molecule has 15 fully saturated rings. The predicted molar refractivity (Wildman–Crippen MR) is 325 cm³/mol. The van der Waals surface area contributed by atoms with Crippen molar-refractivity contribution in [1.82, 2.24) is 30.0 Å². The van der Waals surface area contributed by atoms with E-state index in [4.69, 9.17) is 89.4 Å². The van der Waals surface area contributed by atoms with E-state index in [9.17, 15) is 0 Å². The highest BCUT2D eigenvalue weighted by Crippen LogP contribution is 2.63. The molecular formula is C65H100N12O15. The maximum Gasteiger partial charge on any atom is 0.201 e. The molecule has 23 atom stereocenters. The summed E-state index contributed by atoms with van der Waals surface area (Å²) in [6, 6.07) is 0. The van der Waals surface area contributed by atoms with Crippen LogP contribution < -0.4 is 0 Å². The number of fused-ring (bicyclic) bond motifs is 6. The average molecular weight is 1290 g/mol. The molecule has 27 heteroatoms. The van der Waals surface area contributed by atoms with Gasteiger partial charge in [0.25, 0.3) is 0 Å². The van der Waals surface area contributed by atoms with Gasteiger partial charge in [-0.3, -0.25) is 9.36 Å². The SMILES string of the molecule is C#CCO[C@@H]1O[C@@H]2O[C@@]3(C)CC[C@H]4CCC[C@@H]([C@H]1C)[C@]42OO3.C[C@H]1[C@H](OCc2cn(CCCCCCCCCn3cc(CO[C@@H]4O[C@@H]5O[C@@]6(C)CC[C@H]7[C@H](C)CC[C@@H]([C@H]4C)[C@@]57OO6)nn3)nn2)O[C@@H]2O[C@@]3(C)CC[C@H]4[C@H](C)CC[C@@H]1[C@@]24OO3.[N-]=[N+]=NCCCN=[N+]=[N-]. The number of azide groups is 2. The van der Waals surface area contributed by atoms with E-state index in [2.05, 4.69) is 81.2 Å². The van der Waals surface area contributed by atoms with Crippen LogP contribution in [0.3, 0.4) is 0 Å². The van der Waals surface area contributed by atoms with E-state index in [0.29, 0.717) is 68.2 Å². The molecule has 15 aliphatic rings. The summed E-state index contributed by atoms with van der Waals surface area (Å²) in [6.45, 7) is 20.5. The first-order chi connectivity index (χ1) is 44.5. The molecule has 92 heavy (non-hydrogen) atoms. The molecule has 12 saturated heterocycles. The van der Waals surface area contributed by atoms with Crippen LogP contribution in [0.4, 0.5) is 0 Å². The number of unbranched alkanes of at least 4 members (excludes halogenated alkanes) is 6. The summed E-state index contributed by atoms with van der Waals surface area (Å²) < 4.78 is 60.8. The molecule has 3 saturated carbocycles. The standard InChI is InChI=1S/C45H70N6O10.C17H24O5.C3H6N6/c1-28-14-16-36-30(3)38(54-40-44(36)34(28)18-20-42(5,56-40)58-60-44)52-26-32-24-50(48-46-32)22-12-10-8-7-9-11-13-23-51-25-33(47-49-51)27-53-39-31(4)37-17-15-29(2)35-19-21-43(6)57-41(55-39)45(35,37)61-59-43;1-4-10-18-14-11(2)13-7-5-6-12-8-9-16(3)20-15(19-14)17(12,13)22-21-16;4-8-6-2-1-3-7-9-5/h24-25,28-31,34-41H,7-23,26-27H2,1-6H3;1,11-15H,5-10H2,2-3H3;1-3H2/t28-,29-,30-,31-,34+,35+,36+,37+,38-,39-,40-,41-,42-,43-,44-,45-;11-,12-,13+,14-,15-,16-,17-;/m11./s1. The van der Waals surface area contributed by atoms with Gasteiger partial charge in [0.15, 0.2) is 54.5 Å². The zero-order chi connectivity index (χ0) is 64.3. The maximum absolute atomic E-state index is 7.78. The predicted octanol–water partition coefficient (Wildman–Crippen LogP) is 12.3. The molecule has 2 aromatic rings. The summed E-state index contributed by atoms with van der Waals surface area (Å²) in [5.74, 6) is 3.58. The largest absolute Gasteiger partial charge is 0.346 e. The van der Waals surface area contributed by atoms with Crippen molar-refractivity contribution in [1.29, 1.82) is 0 Å². The number of aryl methyl sites for hydroxylation is 2. The molecule has 3 spiro atoms. The summed E-state index contributed by atoms with van der Waals surface area (Å²) in [4.78, 5) is 41.2. The Bertz CT molecular complexity index is 2790. The topological polar surface area (TPSA) is 297 Å². The Kier molecular flexibility index (Phi) is 21.3. The van der Waals surface area contributed by atoms with E-state index < -0.39 is 65.6 Å². The second-order valence-corrected chi connectivity index (χ2v) is 29.1. The fraction of sp³-hybridized carbons (Fsp3) is 0.908. The van der Waals surface area contributed by atoms with Crippen molar-refractivity contribution in [3.63, 3.8) is 0 Å². The van der Waals surface area contributed by atoms with Crippen molar-refractivity contribution in [2.75, 3.05) is 19.7 Å². The van der Waals surface area contributed by atoms with Crippen LogP contribution in [0.15, 0.2) is 22.6 Å². The lowest BCUT2D eigenvalue weighted by Crippen LogP contribution is -2.70. The second-order valence-electron chi connectivity index (χ2n) is 29.1. The number of hydrogen-bond acceptors (Lipinski definition) is 21. The molecule has 3 aliphatic carbocycles. The van der Waals surface area contributed by atoms with Crippen molar-refractivity contribution in [2.45, 2.75) is 288 Å². The average Bonchev–Trinajstić information content (AvgIpc) is 1.33. The van der Waals surface area contributed by atoms with Crippen LogP contribution >= 0.6 is 0 Å². The Morgan fingerprint density at radius 2 is 0.946 bits per heavy atom.